The molecule has 0 saturated carbocycles. The molecule has 0 amide bonds. The summed E-state index contributed by atoms with van der Waals surface area (Å²) < 4.78 is 39.4. The zero-order chi connectivity index (χ0) is 92.4. The van der Waals surface area contributed by atoms with Crippen molar-refractivity contribution >= 4 is 216 Å². The number of nitrogens with zero attached hydrogens (tertiary/aromatic N) is 3. The molecule has 31 rings (SSSR count). The number of fused-ring (bicyclic) bond motifs is 27. The van der Waals surface area contributed by atoms with Crippen molar-refractivity contribution in [2.24, 2.45) is 0 Å². The third kappa shape index (κ3) is 12.7. The fraction of sp³-hybridized carbons (Fsp3) is 0. The molecule has 0 aliphatic carbocycles. The maximum Gasteiger partial charge on any atom is 0.159 e. The lowest BCUT2D eigenvalue weighted by Gasteiger charge is -2.11. The van der Waals surface area contributed by atoms with Gasteiger partial charge in [0.15, 0.2) is 11.2 Å². The molecule has 9 heteroatoms. The molecule has 658 valence electrons. The van der Waals surface area contributed by atoms with Crippen LogP contribution in [0.4, 0.5) is 0 Å². The van der Waals surface area contributed by atoms with E-state index >= 15 is 0 Å². The average Bonchev–Trinajstić information content (AvgIpc) is 1.39. The first-order valence-corrected chi connectivity index (χ1v) is 49.5. The molecule has 0 radical (unpaired) electrons. The summed E-state index contributed by atoms with van der Waals surface area (Å²) in [6, 6.07) is 172. The molecule has 141 heavy (non-hydrogen) atoms. The molecule has 7 nitrogen and oxygen atoms in total. The van der Waals surface area contributed by atoms with Crippen LogP contribution in [0.5, 0.6) is 0 Å². The van der Waals surface area contributed by atoms with Gasteiger partial charge in [-0.25, -0.2) is 0 Å². The van der Waals surface area contributed by atoms with Gasteiger partial charge in [0.25, 0.3) is 0 Å². The molecule has 9 aromatic heterocycles. The quantitative estimate of drug-likeness (QED) is 0.137. The van der Waals surface area contributed by atoms with Crippen LogP contribution in [0.15, 0.2) is 497 Å². The van der Waals surface area contributed by atoms with Crippen LogP contribution in [0.1, 0.15) is 0 Å². The van der Waals surface area contributed by atoms with Gasteiger partial charge in [-0.1, -0.05) is 358 Å². The highest BCUT2D eigenvalue weighted by Gasteiger charge is 2.29. The van der Waals surface area contributed by atoms with Crippen molar-refractivity contribution in [3.63, 3.8) is 0 Å². The summed E-state index contributed by atoms with van der Waals surface area (Å²) in [6.45, 7) is 0. The first kappa shape index (κ1) is 80.2. The molecule has 0 bridgehead atoms. The number of hydrogen-bond donors (Lipinski definition) is 0. The predicted molar refractivity (Wildman–Crippen MR) is 595 cm³/mol. The minimum absolute atomic E-state index is 0.861. The normalized spacial score (nSPS) is 12.0. The minimum Gasteiger partial charge on any atom is -0.456 e. The van der Waals surface area contributed by atoms with Gasteiger partial charge in [0.05, 0.1) is 54.9 Å². The molecule has 0 spiro atoms. The van der Waals surface area contributed by atoms with Crippen molar-refractivity contribution in [3.8, 4) is 95.0 Å². The lowest BCUT2D eigenvalue weighted by Crippen LogP contribution is -1.94. The number of furan rings is 4. The second-order valence-electron chi connectivity index (χ2n) is 36.5. The summed E-state index contributed by atoms with van der Waals surface area (Å²) in [5.74, 6) is 0. The van der Waals surface area contributed by atoms with E-state index in [1.54, 1.807) is 0 Å². The van der Waals surface area contributed by atoms with E-state index in [1.165, 1.54) is 123 Å². The zero-order valence-corrected chi connectivity index (χ0v) is 77.5. The van der Waals surface area contributed by atoms with Crippen molar-refractivity contribution < 1.29 is 17.7 Å². The fourth-order valence-corrected chi connectivity index (χ4v) is 25.0. The van der Waals surface area contributed by atoms with Crippen LogP contribution in [0.2, 0.25) is 0 Å². The van der Waals surface area contributed by atoms with E-state index in [9.17, 15) is 0 Å². The van der Waals surface area contributed by atoms with Crippen molar-refractivity contribution in [1.82, 2.24) is 13.7 Å². The molecule has 0 N–H and O–H groups in total. The van der Waals surface area contributed by atoms with Gasteiger partial charge >= 0.3 is 0 Å². The van der Waals surface area contributed by atoms with Crippen molar-refractivity contribution in [3.05, 3.63) is 479 Å². The second kappa shape index (κ2) is 32.3. The predicted octanol–water partition coefficient (Wildman–Crippen LogP) is 38.4. The van der Waals surface area contributed by atoms with Gasteiger partial charge in [0.1, 0.15) is 33.5 Å². The van der Waals surface area contributed by atoms with Crippen LogP contribution in [0, 0.1) is 0 Å². The van der Waals surface area contributed by atoms with Gasteiger partial charge in [-0.2, -0.15) is 0 Å². The highest BCUT2D eigenvalue weighted by atomic mass is 32.1. The Morgan fingerprint density at radius 2 is 0.504 bits per heavy atom. The Bertz CT molecular complexity index is 10300. The summed E-state index contributed by atoms with van der Waals surface area (Å²) in [7, 11) is 0. The number of rotatable bonds is 10. The van der Waals surface area contributed by atoms with Crippen molar-refractivity contribution in [1.29, 1.82) is 0 Å². The molecule has 22 aromatic carbocycles. The number of benzene rings is 22. The topological polar surface area (TPSA) is 67.3 Å². The van der Waals surface area contributed by atoms with Crippen LogP contribution in [0.25, 0.3) is 288 Å². The maximum absolute atomic E-state index is 7.07. The summed E-state index contributed by atoms with van der Waals surface area (Å²) in [5, 5.41) is 21.6. The van der Waals surface area contributed by atoms with E-state index in [2.05, 4.69) is 469 Å². The molecule has 0 atom stereocenters. The van der Waals surface area contributed by atoms with E-state index in [1.807, 2.05) is 46.9 Å². The molecular formula is C132H79N3O4S2. The number of hydrogen-bond acceptors (Lipinski definition) is 6. The van der Waals surface area contributed by atoms with Gasteiger partial charge in [-0.05, 0) is 183 Å². The summed E-state index contributed by atoms with van der Waals surface area (Å²) in [6.07, 6.45) is 0. The Morgan fingerprint density at radius 3 is 1.05 bits per heavy atom. The number of thiophene rings is 2. The highest BCUT2D eigenvalue weighted by Crippen LogP contribution is 2.53. The minimum atomic E-state index is 0.861. The first-order valence-electron chi connectivity index (χ1n) is 47.9. The third-order valence-corrected chi connectivity index (χ3v) is 31.2. The molecule has 0 saturated heterocycles. The lowest BCUT2D eigenvalue weighted by molar-refractivity contribution is 0.667. The van der Waals surface area contributed by atoms with E-state index in [0.717, 1.165) is 166 Å². The van der Waals surface area contributed by atoms with E-state index < -0.39 is 0 Å². The third-order valence-electron chi connectivity index (χ3n) is 28.9. The standard InChI is InChI=1S/C48H29NS2.2C42H25NO2/c1-3-12-30(13-4-1)32-24-26-40-38(28-32)39-29-33(31-14-5-2-6-15-31)25-27-41(39)49(40)42-20-9-19-37-47-35(18-11-23-45(47)51-48(37)42)34-17-10-22-44-46(34)36-16-7-8-21-43(36)50-44;1-2-12-26(13-3-1)27-24-25-31(33-18-10-17-32-30-16-6-9-23-38(30)44-40(32)33)39-34-19-11-22-37(41(34)45-42(27)39)43-35-20-7-4-14-28(35)29-15-5-8-21-36(29)43;1-2-11-26(12-3-1)29-24-23-28(27-21-22-33-32-15-6-9-20-38(32)44-39(33)25-27)40-34-16-10-19-37(41(34)45-42(29)40)43-35-17-7-4-13-30(35)31-14-5-8-18-36(31)43/h1-29H;2*1-25H. The Kier molecular flexibility index (Phi) is 18.4. The highest BCUT2D eigenvalue weighted by molar-refractivity contribution is 7.26. The van der Waals surface area contributed by atoms with Crippen LogP contribution >= 0.6 is 22.7 Å². The number of aromatic nitrogens is 3. The molecule has 0 aliphatic rings. The molecular weight excluding hydrogens is 1760 g/mol. The van der Waals surface area contributed by atoms with Gasteiger partial charge in [-0.15, -0.1) is 22.7 Å². The Balaban J connectivity index is 0.000000102. The Labute approximate surface area is 815 Å². The Morgan fingerprint density at radius 1 is 0.149 bits per heavy atom. The smallest absolute Gasteiger partial charge is 0.159 e. The van der Waals surface area contributed by atoms with Gasteiger partial charge in [0.2, 0.25) is 0 Å². The number of para-hydroxylation sites is 9. The average molecular weight is 1840 g/mol. The molecule has 0 aliphatic heterocycles. The van der Waals surface area contributed by atoms with Crippen molar-refractivity contribution in [2.75, 3.05) is 0 Å². The van der Waals surface area contributed by atoms with E-state index in [0.29, 0.717) is 0 Å². The van der Waals surface area contributed by atoms with Gasteiger partial charge < -0.3 is 31.4 Å². The Hall–Kier alpha value is -18.1. The molecule has 0 unspecified atom stereocenters. The largest absolute Gasteiger partial charge is 0.456 e. The lowest BCUT2D eigenvalue weighted by atomic mass is 9.93. The summed E-state index contributed by atoms with van der Waals surface area (Å²) in [5.41, 5.74) is 33.6. The van der Waals surface area contributed by atoms with Crippen molar-refractivity contribution in [2.45, 2.75) is 0 Å². The maximum atomic E-state index is 7.07. The summed E-state index contributed by atoms with van der Waals surface area (Å²) in [4.78, 5) is 0. The van der Waals surface area contributed by atoms with Crippen LogP contribution in [0.3, 0.4) is 0 Å². The van der Waals surface area contributed by atoms with Gasteiger partial charge in [-0.3, -0.25) is 0 Å². The van der Waals surface area contributed by atoms with E-state index in [4.69, 9.17) is 17.7 Å². The molecule has 0 fully saturated rings. The second-order valence-corrected chi connectivity index (χ2v) is 38.7. The zero-order valence-electron chi connectivity index (χ0n) is 75.9. The fourth-order valence-electron chi connectivity index (χ4n) is 22.6. The SMILES string of the molecule is c1ccc(-c2ccc(-c3ccc4c(c3)oc3ccccc34)c3c2oc2c(-n4c5ccccc5c5ccccc54)cccc23)cc1.c1ccc(-c2ccc(-c3cccc4c3oc3ccccc34)c3c2oc2c(-n4c5ccccc5c5ccccc54)cccc23)cc1.c1ccc(-c2ccc3c(c2)c2cc(-c4ccccc4)ccc2n3-c2cccc3c2sc2cccc(-c4cccc5sc6ccccc6c45)c23)cc1. The molecule has 31 aromatic rings. The van der Waals surface area contributed by atoms with Crippen LogP contribution in [-0.4, -0.2) is 13.7 Å². The summed E-state index contributed by atoms with van der Waals surface area (Å²) >= 11 is 3.79. The van der Waals surface area contributed by atoms with Crippen LogP contribution < -0.4 is 0 Å². The first-order chi connectivity index (χ1) is 70.0. The van der Waals surface area contributed by atoms with Crippen LogP contribution in [-0.2, 0) is 0 Å². The van der Waals surface area contributed by atoms with E-state index in [-0.39, 0.29) is 0 Å². The van der Waals surface area contributed by atoms with Gasteiger partial charge in [0, 0.05) is 128 Å². The molecule has 9 heterocycles. The monoisotopic (exact) mass is 1830 g/mol.